The third-order valence-electron chi connectivity index (χ3n) is 4.99. The van der Waals surface area contributed by atoms with Crippen molar-refractivity contribution in [2.24, 2.45) is 0 Å². The van der Waals surface area contributed by atoms with Gasteiger partial charge in [0.25, 0.3) is 0 Å². The molecule has 1 aliphatic rings. The first-order valence-electron chi connectivity index (χ1n) is 10.3. The normalized spacial score (nSPS) is 20.9. The smallest absolute Gasteiger partial charge is 0.358 e. The number of halogens is 5. The molecule has 0 spiro atoms. The average molecular weight is 456 g/mol. The zero-order valence-corrected chi connectivity index (χ0v) is 16.1. The highest BCUT2D eigenvalue weighted by Gasteiger charge is 2.55. The van der Waals surface area contributed by atoms with Gasteiger partial charge in [0.2, 0.25) is 0 Å². The minimum Gasteiger partial charge on any atom is -0.358 e. The Hall–Kier alpha value is -3.05. The van der Waals surface area contributed by atoms with E-state index >= 15 is 0 Å². The Morgan fingerprint density at radius 1 is 1.29 bits per heavy atom. The first-order chi connectivity index (χ1) is 15.9. The van der Waals surface area contributed by atoms with Crippen molar-refractivity contribution in [3.8, 4) is 22.5 Å². The molecule has 0 radical (unpaired) electrons. The molecular formula is C19H13ClF4N6O. The van der Waals surface area contributed by atoms with Crippen LogP contribution in [-0.4, -0.2) is 41.7 Å². The van der Waals surface area contributed by atoms with E-state index in [9.17, 15) is 17.6 Å². The van der Waals surface area contributed by atoms with Crippen molar-refractivity contribution >= 4 is 22.6 Å². The summed E-state index contributed by atoms with van der Waals surface area (Å²) in [5.41, 5.74) is -2.13. The van der Waals surface area contributed by atoms with E-state index in [-0.39, 0.29) is 33.4 Å². The quantitative estimate of drug-likeness (QED) is 0.449. The van der Waals surface area contributed by atoms with Crippen molar-refractivity contribution in [3.05, 3.63) is 47.3 Å². The van der Waals surface area contributed by atoms with Crippen LogP contribution in [-0.2, 0) is 17.9 Å². The van der Waals surface area contributed by atoms with E-state index < -0.39 is 37.6 Å². The lowest BCUT2D eigenvalue weighted by atomic mass is 9.98. The molecule has 0 aliphatic carbocycles. The van der Waals surface area contributed by atoms with Gasteiger partial charge in [-0.3, -0.25) is 14.8 Å². The van der Waals surface area contributed by atoms with E-state index in [0.717, 1.165) is 16.9 Å². The van der Waals surface area contributed by atoms with Gasteiger partial charge >= 0.3 is 6.18 Å². The van der Waals surface area contributed by atoms with Crippen LogP contribution in [0.25, 0.3) is 33.5 Å². The number of fused-ring (bicyclic) bond motifs is 2. The van der Waals surface area contributed by atoms with Crippen molar-refractivity contribution in [1.29, 1.82) is 0 Å². The highest BCUT2D eigenvalue weighted by atomic mass is 35.5. The molecule has 0 amide bonds. The molecule has 0 aromatic carbocycles. The maximum atomic E-state index is 14.0. The number of hydrogen-bond acceptors (Lipinski definition) is 5. The summed E-state index contributed by atoms with van der Waals surface area (Å²) < 4.78 is 84.1. The van der Waals surface area contributed by atoms with Gasteiger partial charge in [-0.05, 0) is 25.1 Å². The summed E-state index contributed by atoms with van der Waals surface area (Å²) in [7, 11) is 0. The van der Waals surface area contributed by atoms with Gasteiger partial charge in [-0.25, -0.2) is 9.37 Å². The average Bonchev–Trinajstić information content (AvgIpc) is 3.33. The van der Waals surface area contributed by atoms with Crippen molar-refractivity contribution in [3.63, 3.8) is 0 Å². The van der Waals surface area contributed by atoms with Gasteiger partial charge in [0.15, 0.2) is 11.2 Å². The summed E-state index contributed by atoms with van der Waals surface area (Å²) in [5.74, 6) is -0.625. The molecule has 0 fully saturated rings. The fourth-order valence-corrected chi connectivity index (χ4v) is 3.72. The lowest BCUT2D eigenvalue weighted by Crippen LogP contribution is -2.51. The minimum atomic E-state index is -5.21. The van der Waals surface area contributed by atoms with E-state index in [1.165, 1.54) is 12.3 Å². The molecule has 7 nitrogen and oxygen atoms in total. The molecule has 0 bridgehead atoms. The van der Waals surface area contributed by atoms with E-state index in [1.54, 1.807) is 6.07 Å². The number of hydrogen-bond donors (Lipinski definition) is 1. The van der Waals surface area contributed by atoms with Crippen LogP contribution in [0.3, 0.4) is 0 Å². The summed E-state index contributed by atoms with van der Waals surface area (Å²) in [4.78, 5) is 8.12. The lowest BCUT2D eigenvalue weighted by Gasteiger charge is -2.36. The van der Waals surface area contributed by atoms with Gasteiger partial charge in [-0.15, -0.1) is 0 Å². The van der Waals surface area contributed by atoms with Crippen LogP contribution in [0.1, 0.15) is 16.7 Å². The van der Waals surface area contributed by atoms with Gasteiger partial charge in [0.05, 0.1) is 36.1 Å². The Bertz CT molecular complexity index is 1390. The first-order valence-corrected chi connectivity index (χ1v) is 9.22. The number of nitrogens with zero attached hydrogens (tertiary/aromatic N) is 5. The van der Waals surface area contributed by atoms with Crippen LogP contribution in [0.5, 0.6) is 0 Å². The maximum absolute atomic E-state index is 14.0. The van der Waals surface area contributed by atoms with E-state index in [0.29, 0.717) is 10.9 Å². The fraction of sp³-hybridized carbons (Fsp3) is 0.263. The maximum Gasteiger partial charge on any atom is 0.419 e. The van der Waals surface area contributed by atoms with E-state index in [4.69, 9.17) is 20.5 Å². The molecule has 0 saturated heterocycles. The van der Waals surface area contributed by atoms with Crippen LogP contribution in [0.2, 0.25) is 5.15 Å². The van der Waals surface area contributed by atoms with Crippen molar-refractivity contribution in [2.45, 2.75) is 31.8 Å². The molecule has 1 atom stereocenters. The number of nitrogens with one attached hydrogen (secondary N) is 1. The fourth-order valence-electron chi connectivity index (χ4n) is 3.49. The molecule has 4 aromatic rings. The predicted octanol–water partition coefficient (Wildman–Crippen LogP) is 4.53. The summed E-state index contributed by atoms with van der Waals surface area (Å²) in [6, 6.07) is 3.99. The molecule has 12 heteroatoms. The number of aromatic amines is 1. The van der Waals surface area contributed by atoms with Crippen molar-refractivity contribution in [2.75, 3.05) is 0 Å². The third-order valence-corrected chi connectivity index (χ3v) is 5.27. The zero-order chi connectivity index (χ0) is 24.5. The second-order valence-electron chi connectivity index (χ2n) is 6.90. The molecule has 1 N–H and O–H groups in total. The molecule has 4 aromatic heterocycles. The highest BCUT2D eigenvalue weighted by molar-refractivity contribution is 6.35. The molecule has 31 heavy (non-hydrogen) atoms. The zero-order valence-electron chi connectivity index (χ0n) is 18.3. The van der Waals surface area contributed by atoms with Gasteiger partial charge in [-0.1, -0.05) is 11.6 Å². The predicted molar refractivity (Wildman–Crippen MR) is 103 cm³/mol. The highest BCUT2D eigenvalue weighted by Crippen LogP contribution is 2.44. The second-order valence-corrected chi connectivity index (χ2v) is 7.28. The number of ether oxygens (including phenoxy) is 1. The Morgan fingerprint density at radius 3 is 2.84 bits per heavy atom. The molecular weight excluding hydrogens is 440 g/mol. The Balaban J connectivity index is 1.79. The number of rotatable bonds is 2. The van der Waals surface area contributed by atoms with Gasteiger partial charge in [0, 0.05) is 21.4 Å². The molecule has 160 valence electrons. The number of pyridine rings is 2. The summed E-state index contributed by atoms with van der Waals surface area (Å²) in [5, 5.41) is 11.3. The van der Waals surface area contributed by atoms with E-state index in [2.05, 4.69) is 25.3 Å². The van der Waals surface area contributed by atoms with Crippen LogP contribution in [0.4, 0.5) is 17.6 Å². The second kappa shape index (κ2) is 6.72. The lowest BCUT2D eigenvalue weighted by molar-refractivity contribution is -0.287. The van der Waals surface area contributed by atoms with Crippen LogP contribution < -0.4 is 0 Å². The Kier molecular flexibility index (Phi) is 3.61. The topological polar surface area (TPSA) is 81.5 Å². The minimum absolute atomic E-state index is 0.0897. The summed E-state index contributed by atoms with van der Waals surface area (Å²) in [6.45, 7) is -5.37. The Labute approximate surface area is 181 Å². The third kappa shape index (κ3) is 3.07. The molecule has 1 aliphatic heterocycles. The van der Waals surface area contributed by atoms with Crippen LogP contribution in [0.15, 0.2) is 30.6 Å². The van der Waals surface area contributed by atoms with E-state index in [1.807, 2.05) is 0 Å². The summed E-state index contributed by atoms with van der Waals surface area (Å²) >= 11 is 6.26. The monoisotopic (exact) mass is 455 g/mol. The molecule has 0 unspecified atom stereocenters. The molecule has 5 rings (SSSR count). The van der Waals surface area contributed by atoms with Crippen LogP contribution >= 0.6 is 11.6 Å². The number of alkyl halides is 3. The number of aromatic nitrogens is 6. The standard InChI is InChI=1S/C19H13ClF4N6O/c1-18(19(22,23)24)8-30-12(7-31-18)13(15(29-30)11-3-2-9(21)6-26-11)10-4-5-25-17-14(10)16(20)27-28-17/h2-6H,7-8H2,1H3,(H,25,27,28)/t18-/m0/s1/i1D3. The summed E-state index contributed by atoms with van der Waals surface area (Å²) in [6.07, 6.45) is -2.86. The largest absolute Gasteiger partial charge is 0.419 e. The van der Waals surface area contributed by atoms with Crippen molar-refractivity contribution in [1.82, 2.24) is 29.9 Å². The van der Waals surface area contributed by atoms with Crippen LogP contribution in [0, 0.1) is 5.82 Å². The Morgan fingerprint density at radius 2 is 2.13 bits per heavy atom. The SMILES string of the molecule is [2H]C([2H])([2H])[C@@]1(C(F)(F)F)Cn2nc(-c3ccc(F)cn3)c(-c3ccnc4n[nH]c(Cl)c34)c2CO1. The van der Waals surface area contributed by atoms with Gasteiger partial charge in [-0.2, -0.15) is 23.4 Å². The van der Waals surface area contributed by atoms with Crippen molar-refractivity contribution < 1.29 is 26.4 Å². The molecule has 0 saturated carbocycles. The number of H-pyrrole nitrogens is 1. The van der Waals surface area contributed by atoms with Gasteiger partial charge < -0.3 is 4.74 Å². The first kappa shape index (κ1) is 16.6. The molecule has 5 heterocycles. The van der Waals surface area contributed by atoms with Gasteiger partial charge in [0.1, 0.15) is 16.7 Å².